The van der Waals surface area contributed by atoms with Crippen LogP contribution in [0.3, 0.4) is 0 Å². The molecule has 1 aliphatic heterocycles. The summed E-state index contributed by atoms with van der Waals surface area (Å²) in [5, 5.41) is 0.822. The minimum Gasteiger partial charge on any atom is -0.378 e. The number of fused-ring (bicyclic) bond motifs is 1. The van der Waals surface area contributed by atoms with E-state index in [-0.39, 0.29) is 5.91 Å². The van der Waals surface area contributed by atoms with Crippen molar-refractivity contribution in [1.29, 1.82) is 0 Å². The molecule has 6 nitrogen and oxygen atoms in total. The first-order chi connectivity index (χ1) is 12.8. The minimum atomic E-state index is -0.0215. The van der Waals surface area contributed by atoms with Crippen LogP contribution in [0.4, 0.5) is 0 Å². The number of morpholine rings is 1. The Morgan fingerprint density at radius 1 is 1.15 bits per heavy atom. The standard InChI is InChI=1S/C20H17N3O3/c24-13-16-11-17(15-2-1-5-21-12-15)18-10-14(3-4-19(18)22-16)20(25)23-6-8-26-9-7-23/h1-5,10-13H,6-9H2. The number of aromatic nitrogens is 2. The molecule has 3 heterocycles. The van der Waals surface area contributed by atoms with E-state index in [1.165, 1.54) is 0 Å². The summed E-state index contributed by atoms with van der Waals surface area (Å²) in [5.74, 6) is -0.0215. The Kier molecular flexibility index (Phi) is 4.41. The average Bonchev–Trinajstić information content (AvgIpc) is 2.73. The van der Waals surface area contributed by atoms with Gasteiger partial charge in [0, 0.05) is 42.0 Å². The van der Waals surface area contributed by atoms with Gasteiger partial charge in [-0.3, -0.25) is 14.6 Å². The molecule has 130 valence electrons. The van der Waals surface area contributed by atoms with Gasteiger partial charge in [-0.15, -0.1) is 0 Å². The van der Waals surface area contributed by atoms with E-state index in [4.69, 9.17) is 4.74 Å². The molecule has 0 bridgehead atoms. The SMILES string of the molecule is O=Cc1cc(-c2cccnc2)c2cc(C(=O)N3CCOCC3)ccc2n1. The first-order valence-corrected chi connectivity index (χ1v) is 8.43. The third-order valence-electron chi connectivity index (χ3n) is 4.47. The number of aldehydes is 1. The summed E-state index contributed by atoms with van der Waals surface area (Å²) in [4.78, 5) is 34.4. The van der Waals surface area contributed by atoms with E-state index in [1.54, 1.807) is 35.5 Å². The molecule has 4 rings (SSSR count). The van der Waals surface area contributed by atoms with Crippen LogP contribution in [0, 0.1) is 0 Å². The monoisotopic (exact) mass is 347 g/mol. The number of ether oxygens (including phenoxy) is 1. The third-order valence-corrected chi connectivity index (χ3v) is 4.47. The highest BCUT2D eigenvalue weighted by molar-refractivity contribution is 6.03. The van der Waals surface area contributed by atoms with Crippen LogP contribution in [0.5, 0.6) is 0 Å². The van der Waals surface area contributed by atoms with E-state index < -0.39 is 0 Å². The summed E-state index contributed by atoms with van der Waals surface area (Å²) in [6, 6.07) is 10.9. The Morgan fingerprint density at radius 2 is 2.00 bits per heavy atom. The molecule has 1 amide bonds. The highest BCUT2D eigenvalue weighted by Crippen LogP contribution is 2.29. The quantitative estimate of drug-likeness (QED) is 0.681. The van der Waals surface area contributed by atoms with Gasteiger partial charge in [-0.25, -0.2) is 4.98 Å². The number of nitrogens with zero attached hydrogens (tertiary/aromatic N) is 3. The smallest absolute Gasteiger partial charge is 0.254 e. The highest BCUT2D eigenvalue weighted by atomic mass is 16.5. The second kappa shape index (κ2) is 7.01. The van der Waals surface area contributed by atoms with E-state index in [0.29, 0.717) is 43.1 Å². The maximum absolute atomic E-state index is 12.8. The van der Waals surface area contributed by atoms with Gasteiger partial charge in [0.1, 0.15) is 5.69 Å². The number of amides is 1. The number of hydrogen-bond donors (Lipinski definition) is 0. The van der Waals surface area contributed by atoms with Crippen molar-refractivity contribution in [2.75, 3.05) is 26.3 Å². The van der Waals surface area contributed by atoms with Crippen LogP contribution in [-0.4, -0.2) is 53.4 Å². The lowest BCUT2D eigenvalue weighted by Crippen LogP contribution is -2.40. The maximum atomic E-state index is 12.8. The van der Waals surface area contributed by atoms with Crippen molar-refractivity contribution in [3.63, 3.8) is 0 Å². The zero-order chi connectivity index (χ0) is 17.9. The van der Waals surface area contributed by atoms with Crippen molar-refractivity contribution < 1.29 is 14.3 Å². The Morgan fingerprint density at radius 3 is 2.73 bits per heavy atom. The van der Waals surface area contributed by atoms with Crippen LogP contribution < -0.4 is 0 Å². The van der Waals surface area contributed by atoms with Crippen LogP contribution in [0.25, 0.3) is 22.0 Å². The third kappa shape index (κ3) is 3.07. The van der Waals surface area contributed by atoms with Crippen molar-refractivity contribution in [2.24, 2.45) is 0 Å². The van der Waals surface area contributed by atoms with Crippen LogP contribution in [-0.2, 0) is 4.74 Å². The van der Waals surface area contributed by atoms with Gasteiger partial charge in [-0.05, 0) is 35.9 Å². The predicted octanol–water partition coefficient (Wildman–Crippen LogP) is 2.58. The fourth-order valence-corrected chi connectivity index (χ4v) is 3.15. The molecule has 0 spiro atoms. The first kappa shape index (κ1) is 16.4. The molecule has 1 fully saturated rings. The van der Waals surface area contributed by atoms with E-state index in [1.807, 2.05) is 18.2 Å². The van der Waals surface area contributed by atoms with Gasteiger partial charge < -0.3 is 9.64 Å². The summed E-state index contributed by atoms with van der Waals surface area (Å²) in [5.41, 5.74) is 3.33. The summed E-state index contributed by atoms with van der Waals surface area (Å²) in [6.07, 6.45) is 4.16. The molecule has 0 aliphatic carbocycles. The normalized spacial score (nSPS) is 14.4. The molecule has 2 aromatic heterocycles. The molecule has 0 unspecified atom stereocenters. The largest absolute Gasteiger partial charge is 0.378 e. The molecule has 6 heteroatoms. The van der Waals surface area contributed by atoms with Gasteiger partial charge in [0.05, 0.1) is 18.7 Å². The molecule has 0 N–H and O–H groups in total. The van der Waals surface area contributed by atoms with Gasteiger partial charge in [0.2, 0.25) is 0 Å². The zero-order valence-corrected chi connectivity index (χ0v) is 14.1. The molecule has 1 saturated heterocycles. The second-order valence-electron chi connectivity index (χ2n) is 6.09. The van der Waals surface area contributed by atoms with Crippen molar-refractivity contribution in [3.05, 3.63) is 60.0 Å². The van der Waals surface area contributed by atoms with E-state index in [0.717, 1.165) is 22.8 Å². The molecule has 26 heavy (non-hydrogen) atoms. The fraction of sp³-hybridized carbons (Fsp3) is 0.200. The molecule has 0 saturated carbocycles. The Hall–Kier alpha value is -3.12. The van der Waals surface area contributed by atoms with Crippen LogP contribution >= 0.6 is 0 Å². The van der Waals surface area contributed by atoms with Gasteiger partial charge in [0.15, 0.2) is 6.29 Å². The Labute approximate surface area is 150 Å². The number of hydrogen-bond acceptors (Lipinski definition) is 5. The average molecular weight is 347 g/mol. The fourth-order valence-electron chi connectivity index (χ4n) is 3.15. The first-order valence-electron chi connectivity index (χ1n) is 8.43. The predicted molar refractivity (Wildman–Crippen MR) is 97.1 cm³/mol. The van der Waals surface area contributed by atoms with Crippen molar-refractivity contribution >= 4 is 23.1 Å². The van der Waals surface area contributed by atoms with Crippen molar-refractivity contribution in [2.45, 2.75) is 0 Å². The Balaban J connectivity index is 1.84. The van der Waals surface area contributed by atoms with Gasteiger partial charge in [-0.1, -0.05) is 6.07 Å². The topological polar surface area (TPSA) is 72.4 Å². The lowest BCUT2D eigenvalue weighted by Gasteiger charge is -2.27. The van der Waals surface area contributed by atoms with Crippen molar-refractivity contribution in [1.82, 2.24) is 14.9 Å². The second-order valence-corrected chi connectivity index (χ2v) is 6.09. The van der Waals surface area contributed by atoms with Crippen LogP contribution in [0.15, 0.2) is 48.8 Å². The van der Waals surface area contributed by atoms with Crippen LogP contribution in [0.1, 0.15) is 20.8 Å². The molecular weight excluding hydrogens is 330 g/mol. The van der Waals surface area contributed by atoms with Gasteiger partial charge in [-0.2, -0.15) is 0 Å². The lowest BCUT2D eigenvalue weighted by atomic mass is 9.99. The van der Waals surface area contributed by atoms with E-state index in [2.05, 4.69) is 9.97 Å². The summed E-state index contributed by atoms with van der Waals surface area (Å²) >= 11 is 0. The number of carbonyl (C=O) groups excluding carboxylic acids is 2. The highest BCUT2D eigenvalue weighted by Gasteiger charge is 2.19. The molecule has 1 aromatic carbocycles. The number of rotatable bonds is 3. The number of pyridine rings is 2. The summed E-state index contributed by atoms with van der Waals surface area (Å²) in [7, 11) is 0. The minimum absolute atomic E-state index is 0.0215. The molecule has 3 aromatic rings. The van der Waals surface area contributed by atoms with E-state index >= 15 is 0 Å². The molecule has 0 atom stereocenters. The van der Waals surface area contributed by atoms with Gasteiger partial charge in [0.25, 0.3) is 5.91 Å². The van der Waals surface area contributed by atoms with Crippen LogP contribution in [0.2, 0.25) is 0 Å². The van der Waals surface area contributed by atoms with Gasteiger partial charge >= 0.3 is 0 Å². The van der Waals surface area contributed by atoms with E-state index in [9.17, 15) is 9.59 Å². The maximum Gasteiger partial charge on any atom is 0.254 e. The summed E-state index contributed by atoms with van der Waals surface area (Å²) in [6.45, 7) is 2.30. The number of benzene rings is 1. The molecule has 0 radical (unpaired) electrons. The molecule has 1 aliphatic rings. The van der Waals surface area contributed by atoms with Crippen molar-refractivity contribution in [3.8, 4) is 11.1 Å². The Bertz CT molecular complexity index is 967. The molecular formula is C20H17N3O3. The lowest BCUT2D eigenvalue weighted by molar-refractivity contribution is 0.0303. The number of carbonyl (C=O) groups is 2. The zero-order valence-electron chi connectivity index (χ0n) is 14.1. The summed E-state index contributed by atoms with van der Waals surface area (Å²) < 4.78 is 5.31.